The smallest absolute Gasteiger partial charge is 0.277 e. The maximum absolute atomic E-state index is 12.7. The van der Waals surface area contributed by atoms with Crippen LogP contribution in [0.2, 0.25) is 0 Å². The van der Waals surface area contributed by atoms with E-state index >= 15 is 0 Å². The Labute approximate surface area is 131 Å². The first kappa shape index (κ1) is 14.1. The average molecular weight is 349 g/mol. The molecule has 0 saturated carbocycles. The molecule has 3 rings (SSSR count). The van der Waals surface area contributed by atoms with E-state index in [-0.39, 0.29) is 11.9 Å². The van der Waals surface area contributed by atoms with Gasteiger partial charge in [-0.3, -0.25) is 9.48 Å². The SMILES string of the molecule is Cn1cc(N)c(C(=O)N2CCCC2c2cccc(Br)c2)n1. The average Bonchev–Trinajstić information content (AvgIpc) is 3.04. The number of hydrogen-bond acceptors (Lipinski definition) is 3. The molecule has 0 aliphatic carbocycles. The van der Waals surface area contributed by atoms with Crippen LogP contribution >= 0.6 is 15.9 Å². The number of carbonyl (C=O) groups is 1. The Morgan fingerprint density at radius 1 is 1.48 bits per heavy atom. The third-order valence-electron chi connectivity index (χ3n) is 3.81. The molecule has 6 heteroatoms. The summed E-state index contributed by atoms with van der Waals surface area (Å²) in [6.45, 7) is 0.742. The van der Waals surface area contributed by atoms with E-state index in [0.29, 0.717) is 11.4 Å². The summed E-state index contributed by atoms with van der Waals surface area (Å²) in [5, 5.41) is 4.19. The van der Waals surface area contributed by atoms with Crippen LogP contribution in [0.3, 0.4) is 0 Å². The minimum atomic E-state index is -0.0874. The molecular weight excluding hydrogens is 332 g/mol. The molecule has 1 aromatic heterocycles. The topological polar surface area (TPSA) is 64.2 Å². The van der Waals surface area contributed by atoms with Crippen LogP contribution in [-0.2, 0) is 7.05 Å². The number of halogens is 1. The summed E-state index contributed by atoms with van der Waals surface area (Å²) in [7, 11) is 1.77. The molecule has 1 saturated heterocycles. The number of carbonyl (C=O) groups excluding carboxylic acids is 1. The largest absolute Gasteiger partial charge is 0.396 e. The molecule has 2 aromatic rings. The Kier molecular flexibility index (Phi) is 3.71. The van der Waals surface area contributed by atoms with E-state index in [9.17, 15) is 4.79 Å². The monoisotopic (exact) mass is 348 g/mol. The molecule has 1 unspecified atom stereocenters. The van der Waals surface area contributed by atoms with Gasteiger partial charge in [-0.1, -0.05) is 28.1 Å². The van der Waals surface area contributed by atoms with Crippen LogP contribution in [0.25, 0.3) is 0 Å². The van der Waals surface area contributed by atoms with Gasteiger partial charge in [0.05, 0.1) is 11.7 Å². The summed E-state index contributed by atoms with van der Waals surface area (Å²) < 4.78 is 2.60. The minimum absolute atomic E-state index is 0.0874. The third kappa shape index (κ3) is 2.68. The van der Waals surface area contributed by atoms with Gasteiger partial charge < -0.3 is 10.6 Å². The van der Waals surface area contributed by atoms with Crippen molar-refractivity contribution in [2.45, 2.75) is 18.9 Å². The fourth-order valence-corrected chi connectivity index (χ4v) is 3.30. The third-order valence-corrected chi connectivity index (χ3v) is 4.30. The lowest BCUT2D eigenvalue weighted by Gasteiger charge is -2.24. The number of hydrogen-bond donors (Lipinski definition) is 1. The summed E-state index contributed by atoms with van der Waals surface area (Å²) in [6.07, 6.45) is 3.63. The number of anilines is 1. The number of aryl methyl sites for hydroxylation is 1. The summed E-state index contributed by atoms with van der Waals surface area (Å²) in [5.74, 6) is -0.0874. The maximum atomic E-state index is 12.7. The molecule has 5 nitrogen and oxygen atoms in total. The highest BCUT2D eigenvalue weighted by Gasteiger charge is 2.32. The molecule has 2 heterocycles. The number of aromatic nitrogens is 2. The molecule has 0 bridgehead atoms. The molecular formula is C15H17BrN4O. The molecule has 1 fully saturated rings. The van der Waals surface area contributed by atoms with E-state index < -0.39 is 0 Å². The lowest BCUT2D eigenvalue weighted by molar-refractivity contribution is 0.0730. The number of amides is 1. The van der Waals surface area contributed by atoms with Crippen LogP contribution in [0.4, 0.5) is 5.69 Å². The number of nitrogens with two attached hydrogens (primary N) is 1. The van der Waals surface area contributed by atoms with E-state index in [1.807, 2.05) is 17.0 Å². The fraction of sp³-hybridized carbons (Fsp3) is 0.333. The van der Waals surface area contributed by atoms with E-state index in [1.165, 1.54) is 0 Å². The zero-order chi connectivity index (χ0) is 15.0. The molecule has 0 radical (unpaired) electrons. The highest BCUT2D eigenvalue weighted by Crippen LogP contribution is 2.34. The van der Waals surface area contributed by atoms with Gasteiger partial charge in [-0.15, -0.1) is 0 Å². The van der Waals surface area contributed by atoms with Crippen LogP contribution < -0.4 is 5.73 Å². The Morgan fingerprint density at radius 3 is 2.95 bits per heavy atom. The molecule has 2 N–H and O–H groups in total. The second-order valence-electron chi connectivity index (χ2n) is 5.32. The Balaban J connectivity index is 1.90. The first-order valence-electron chi connectivity index (χ1n) is 6.92. The Hall–Kier alpha value is -1.82. The number of nitrogens with zero attached hydrogens (tertiary/aromatic N) is 3. The molecule has 1 aromatic carbocycles. The lowest BCUT2D eigenvalue weighted by Crippen LogP contribution is -2.31. The van der Waals surface area contributed by atoms with Crippen LogP contribution in [0.5, 0.6) is 0 Å². The summed E-state index contributed by atoms with van der Waals surface area (Å²) in [4.78, 5) is 14.6. The second-order valence-corrected chi connectivity index (χ2v) is 6.23. The van der Waals surface area contributed by atoms with E-state index in [1.54, 1.807) is 17.9 Å². The predicted molar refractivity (Wildman–Crippen MR) is 84.8 cm³/mol. The van der Waals surface area contributed by atoms with Crippen molar-refractivity contribution in [3.8, 4) is 0 Å². The molecule has 1 atom stereocenters. The van der Waals surface area contributed by atoms with E-state index in [4.69, 9.17) is 5.73 Å². The number of benzene rings is 1. The number of rotatable bonds is 2. The van der Waals surface area contributed by atoms with E-state index in [2.05, 4.69) is 33.2 Å². The lowest BCUT2D eigenvalue weighted by atomic mass is 10.0. The normalized spacial score (nSPS) is 18.2. The summed E-state index contributed by atoms with van der Waals surface area (Å²) in [6, 6.07) is 8.20. The summed E-state index contributed by atoms with van der Waals surface area (Å²) in [5.41, 5.74) is 7.80. The van der Waals surface area contributed by atoms with Crippen LogP contribution in [-0.4, -0.2) is 27.1 Å². The van der Waals surface area contributed by atoms with E-state index in [0.717, 1.165) is 29.4 Å². The van der Waals surface area contributed by atoms with Crippen molar-refractivity contribution in [2.24, 2.45) is 7.05 Å². The quantitative estimate of drug-likeness (QED) is 0.907. The van der Waals surface area contributed by atoms with Gasteiger partial charge in [-0.2, -0.15) is 5.10 Å². The van der Waals surface area contributed by atoms with Crippen LogP contribution in [0.1, 0.15) is 34.9 Å². The van der Waals surface area contributed by atoms with Gasteiger partial charge in [0.15, 0.2) is 5.69 Å². The Bertz CT molecular complexity index is 682. The van der Waals surface area contributed by atoms with Gasteiger partial charge in [0, 0.05) is 24.3 Å². The van der Waals surface area contributed by atoms with Crippen molar-refractivity contribution in [3.05, 3.63) is 46.2 Å². The first-order valence-corrected chi connectivity index (χ1v) is 7.71. The highest BCUT2D eigenvalue weighted by atomic mass is 79.9. The van der Waals surface area contributed by atoms with Crippen LogP contribution in [0, 0.1) is 0 Å². The fourth-order valence-electron chi connectivity index (χ4n) is 2.88. The molecule has 110 valence electrons. The van der Waals surface area contributed by atoms with Crippen molar-refractivity contribution in [1.29, 1.82) is 0 Å². The molecule has 1 aliphatic rings. The highest BCUT2D eigenvalue weighted by molar-refractivity contribution is 9.10. The van der Waals surface area contributed by atoms with Gasteiger partial charge in [0.2, 0.25) is 0 Å². The van der Waals surface area contributed by atoms with Crippen molar-refractivity contribution in [3.63, 3.8) is 0 Å². The van der Waals surface area contributed by atoms with Gasteiger partial charge in [0.25, 0.3) is 5.91 Å². The number of nitrogen functional groups attached to an aromatic ring is 1. The van der Waals surface area contributed by atoms with Gasteiger partial charge in [-0.25, -0.2) is 0 Å². The maximum Gasteiger partial charge on any atom is 0.277 e. The van der Waals surface area contributed by atoms with Crippen LogP contribution in [0.15, 0.2) is 34.9 Å². The Morgan fingerprint density at radius 2 is 2.29 bits per heavy atom. The molecule has 1 amide bonds. The van der Waals surface area contributed by atoms with Gasteiger partial charge in [0.1, 0.15) is 0 Å². The number of likely N-dealkylation sites (tertiary alicyclic amines) is 1. The van der Waals surface area contributed by atoms with Crippen molar-refractivity contribution in [1.82, 2.24) is 14.7 Å². The second kappa shape index (κ2) is 5.52. The zero-order valence-corrected chi connectivity index (χ0v) is 13.4. The van der Waals surface area contributed by atoms with Crippen molar-refractivity contribution < 1.29 is 4.79 Å². The molecule has 1 aliphatic heterocycles. The molecule has 0 spiro atoms. The standard InChI is InChI=1S/C15H17BrN4O/c1-19-9-12(17)14(18-19)15(21)20-7-3-6-13(20)10-4-2-5-11(16)8-10/h2,4-5,8-9,13H,3,6-7,17H2,1H3. The van der Waals surface area contributed by atoms with Crippen molar-refractivity contribution >= 4 is 27.5 Å². The van der Waals surface area contributed by atoms with Gasteiger partial charge >= 0.3 is 0 Å². The van der Waals surface area contributed by atoms with Gasteiger partial charge in [-0.05, 0) is 30.5 Å². The van der Waals surface area contributed by atoms with Crippen molar-refractivity contribution in [2.75, 3.05) is 12.3 Å². The summed E-state index contributed by atoms with van der Waals surface area (Å²) >= 11 is 3.49. The first-order chi connectivity index (χ1) is 10.1. The predicted octanol–water partition coefficient (Wildman–Crippen LogP) is 2.74. The molecule has 21 heavy (non-hydrogen) atoms. The zero-order valence-electron chi connectivity index (χ0n) is 11.8. The minimum Gasteiger partial charge on any atom is -0.396 e.